The van der Waals surface area contributed by atoms with Crippen LogP contribution >= 0.6 is 0 Å². The van der Waals surface area contributed by atoms with Gasteiger partial charge in [-0.1, -0.05) is 13.8 Å². The maximum atomic E-state index is 12.5. The summed E-state index contributed by atoms with van der Waals surface area (Å²) < 4.78 is 14.7. The van der Waals surface area contributed by atoms with Gasteiger partial charge in [-0.15, -0.1) is 0 Å². The van der Waals surface area contributed by atoms with E-state index in [1.807, 2.05) is 42.2 Å². The molecule has 3 rings (SSSR count). The number of fused-ring (bicyclic) bond motifs is 1. The lowest BCUT2D eigenvalue weighted by Gasteiger charge is -2.18. The molecule has 0 saturated carbocycles. The molecule has 2 heterocycles. The zero-order chi connectivity index (χ0) is 18.3. The zero-order valence-corrected chi connectivity index (χ0v) is 15.6. The maximum absolute atomic E-state index is 12.5. The molecule has 5 heteroatoms. The van der Waals surface area contributed by atoms with E-state index in [4.69, 9.17) is 9.47 Å². The molecule has 0 aliphatic rings. The Balaban J connectivity index is 2.36. The van der Waals surface area contributed by atoms with Gasteiger partial charge in [0.15, 0.2) is 0 Å². The lowest BCUT2D eigenvalue weighted by atomic mass is 9.95. The molecule has 1 aromatic carbocycles. The maximum Gasteiger partial charge on any atom is 0.274 e. The Kier molecular flexibility index (Phi) is 4.33. The molecular weight excluding hydrogens is 316 g/mol. The third-order valence-electron chi connectivity index (χ3n) is 4.64. The average Bonchev–Trinajstić information content (AvgIpc) is 2.98. The number of benzene rings is 1. The summed E-state index contributed by atoms with van der Waals surface area (Å²) in [7, 11) is 7.00. The quantitative estimate of drug-likeness (QED) is 0.728. The second-order valence-electron chi connectivity index (χ2n) is 6.60. The van der Waals surface area contributed by atoms with Gasteiger partial charge in [-0.2, -0.15) is 0 Å². The Bertz CT molecular complexity index is 971. The SMILES string of the molecule is COc1cc(-c2cn(C)c(=O)c3c2ccn3C)cc(OC)c1C(C)C. The molecule has 0 radical (unpaired) electrons. The zero-order valence-electron chi connectivity index (χ0n) is 15.6. The van der Waals surface area contributed by atoms with Crippen LogP contribution in [0, 0.1) is 0 Å². The minimum atomic E-state index is -0.0102. The first-order chi connectivity index (χ1) is 11.9. The van der Waals surface area contributed by atoms with E-state index in [1.54, 1.807) is 25.8 Å². The van der Waals surface area contributed by atoms with Crippen molar-refractivity contribution >= 4 is 10.9 Å². The largest absolute Gasteiger partial charge is 0.496 e. The smallest absolute Gasteiger partial charge is 0.274 e. The highest BCUT2D eigenvalue weighted by molar-refractivity contribution is 5.95. The van der Waals surface area contributed by atoms with Gasteiger partial charge in [0.25, 0.3) is 5.56 Å². The van der Waals surface area contributed by atoms with E-state index in [2.05, 4.69) is 13.8 Å². The van der Waals surface area contributed by atoms with Crippen molar-refractivity contribution in [2.24, 2.45) is 14.1 Å². The number of methoxy groups -OCH3 is 2. The predicted octanol–water partition coefficient (Wildman–Crippen LogP) is 3.68. The van der Waals surface area contributed by atoms with Crippen molar-refractivity contribution in [2.45, 2.75) is 19.8 Å². The van der Waals surface area contributed by atoms with Crippen LogP contribution in [-0.2, 0) is 14.1 Å². The lowest BCUT2D eigenvalue weighted by Crippen LogP contribution is -2.18. The van der Waals surface area contributed by atoms with Crippen LogP contribution < -0.4 is 15.0 Å². The van der Waals surface area contributed by atoms with Crippen molar-refractivity contribution in [1.82, 2.24) is 9.13 Å². The van der Waals surface area contributed by atoms with Gasteiger partial charge in [0.2, 0.25) is 0 Å². The molecule has 0 unspecified atom stereocenters. The molecule has 0 bridgehead atoms. The van der Waals surface area contributed by atoms with E-state index in [-0.39, 0.29) is 11.5 Å². The number of nitrogens with zero attached hydrogens (tertiary/aromatic N) is 2. The number of hydrogen-bond donors (Lipinski definition) is 0. The van der Waals surface area contributed by atoms with Crippen LogP contribution in [0.4, 0.5) is 0 Å². The monoisotopic (exact) mass is 340 g/mol. The molecule has 0 aliphatic carbocycles. The number of aryl methyl sites for hydroxylation is 2. The van der Waals surface area contributed by atoms with Gasteiger partial charge in [-0.05, 0) is 29.7 Å². The van der Waals surface area contributed by atoms with Gasteiger partial charge in [0.05, 0.1) is 14.2 Å². The number of rotatable bonds is 4. The Morgan fingerprint density at radius 1 is 1.00 bits per heavy atom. The number of aromatic nitrogens is 2. The van der Waals surface area contributed by atoms with Gasteiger partial charge >= 0.3 is 0 Å². The molecule has 0 atom stereocenters. The first-order valence-corrected chi connectivity index (χ1v) is 8.30. The Morgan fingerprint density at radius 3 is 2.12 bits per heavy atom. The van der Waals surface area contributed by atoms with Crippen LogP contribution in [0.5, 0.6) is 11.5 Å². The van der Waals surface area contributed by atoms with Crippen molar-refractivity contribution in [2.75, 3.05) is 14.2 Å². The molecule has 25 heavy (non-hydrogen) atoms. The van der Waals surface area contributed by atoms with E-state index < -0.39 is 0 Å². The van der Waals surface area contributed by atoms with Crippen LogP contribution in [0.15, 0.2) is 35.4 Å². The van der Waals surface area contributed by atoms with Gasteiger partial charge in [-0.25, -0.2) is 0 Å². The standard InChI is InChI=1S/C20H24N2O3/c1-12(2)18-16(24-5)9-13(10-17(18)25-6)15-11-22(4)20(23)19-14(15)7-8-21(19)3/h7-12H,1-6H3. The van der Waals surface area contributed by atoms with Crippen LogP contribution in [-0.4, -0.2) is 23.4 Å². The summed E-state index contributed by atoms with van der Waals surface area (Å²) in [5.41, 5.74) is 3.66. The predicted molar refractivity (Wildman–Crippen MR) is 101 cm³/mol. The molecule has 0 fully saturated rings. The summed E-state index contributed by atoms with van der Waals surface area (Å²) in [6.07, 6.45) is 3.78. The van der Waals surface area contributed by atoms with Crippen molar-refractivity contribution in [3.05, 3.63) is 46.5 Å². The normalized spacial score (nSPS) is 11.3. The topological polar surface area (TPSA) is 45.4 Å². The molecule has 3 aromatic rings. The van der Waals surface area contributed by atoms with Gasteiger partial charge < -0.3 is 18.6 Å². The van der Waals surface area contributed by atoms with Crippen LogP contribution in [0.1, 0.15) is 25.3 Å². The summed E-state index contributed by atoms with van der Waals surface area (Å²) in [6.45, 7) is 4.23. The number of ether oxygens (including phenoxy) is 2. The Labute approximate surface area is 147 Å². The summed E-state index contributed by atoms with van der Waals surface area (Å²) in [4.78, 5) is 12.5. The summed E-state index contributed by atoms with van der Waals surface area (Å²) >= 11 is 0. The lowest BCUT2D eigenvalue weighted by molar-refractivity contribution is 0.382. The van der Waals surface area contributed by atoms with E-state index in [0.29, 0.717) is 5.52 Å². The first-order valence-electron chi connectivity index (χ1n) is 8.30. The van der Waals surface area contributed by atoms with E-state index in [9.17, 15) is 4.79 Å². The molecule has 0 amide bonds. The van der Waals surface area contributed by atoms with Crippen LogP contribution in [0.2, 0.25) is 0 Å². The molecule has 132 valence electrons. The Hall–Kier alpha value is -2.69. The molecule has 0 spiro atoms. The molecule has 2 aromatic heterocycles. The fourth-order valence-corrected chi connectivity index (χ4v) is 3.40. The van der Waals surface area contributed by atoms with E-state index in [1.165, 1.54) is 0 Å². The number of pyridine rings is 1. The van der Waals surface area contributed by atoms with E-state index >= 15 is 0 Å². The van der Waals surface area contributed by atoms with Crippen molar-refractivity contribution in [3.63, 3.8) is 0 Å². The summed E-state index contributed by atoms with van der Waals surface area (Å²) in [6, 6.07) is 6.01. The van der Waals surface area contributed by atoms with Crippen molar-refractivity contribution < 1.29 is 9.47 Å². The summed E-state index contributed by atoms with van der Waals surface area (Å²) in [5.74, 6) is 1.86. The average molecular weight is 340 g/mol. The fraction of sp³-hybridized carbons (Fsp3) is 0.350. The summed E-state index contributed by atoms with van der Waals surface area (Å²) in [5, 5.41) is 0.923. The minimum Gasteiger partial charge on any atom is -0.496 e. The fourth-order valence-electron chi connectivity index (χ4n) is 3.40. The van der Waals surface area contributed by atoms with Crippen molar-refractivity contribution in [1.29, 1.82) is 0 Å². The second kappa shape index (κ2) is 6.31. The van der Waals surface area contributed by atoms with Crippen LogP contribution in [0.3, 0.4) is 0 Å². The highest BCUT2D eigenvalue weighted by atomic mass is 16.5. The molecule has 0 N–H and O–H groups in total. The molecule has 5 nitrogen and oxygen atoms in total. The molecular formula is C20H24N2O3. The van der Waals surface area contributed by atoms with Crippen molar-refractivity contribution in [3.8, 4) is 22.6 Å². The minimum absolute atomic E-state index is 0.0102. The van der Waals surface area contributed by atoms with Gasteiger partial charge in [-0.3, -0.25) is 4.79 Å². The van der Waals surface area contributed by atoms with Gasteiger partial charge in [0.1, 0.15) is 17.0 Å². The highest BCUT2D eigenvalue weighted by Crippen LogP contribution is 2.40. The van der Waals surface area contributed by atoms with E-state index in [0.717, 1.165) is 33.6 Å². The van der Waals surface area contributed by atoms with Gasteiger partial charge in [0, 0.05) is 43.0 Å². The third-order valence-corrected chi connectivity index (χ3v) is 4.64. The molecule has 0 saturated heterocycles. The molecule has 0 aliphatic heterocycles. The first kappa shape index (κ1) is 17.1. The number of hydrogen-bond acceptors (Lipinski definition) is 3. The van der Waals surface area contributed by atoms with Crippen LogP contribution in [0.25, 0.3) is 22.0 Å². The third kappa shape index (κ3) is 2.69. The Morgan fingerprint density at radius 2 is 1.60 bits per heavy atom. The second-order valence-corrected chi connectivity index (χ2v) is 6.60. The highest BCUT2D eigenvalue weighted by Gasteiger charge is 2.19.